The summed E-state index contributed by atoms with van der Waals surface area (Å²) in [4.78, 5) is 25.8. The molecule has 0 spiro atoms. The summed E-state index contributed by atoms with van der Waals surface area (Å²) in [6.07, 6.45) is 1.13. The molecule has 1 aromatic rings. The predicted octanol–water partition coefficient (Wildman–Crippen LogP) is 2.06. The van der Waals surface area contributed by atoms with E-state index in [1.54, 1.807) is 0 Å². The molecule has 0 saturated carbocycles. The summed E-state index contributed by atoms with van der Waals surface area (Å²) in [5, 5.41) is 2.59. The molecule has 114 valence electrons. The largest absolute Gasteiger partial charge is 0.343 e. The molecule has 2 rings (SSSR count). The van der Waals surface area contributed by atoms with E-state index < -0.39 is 0 Å². The number of hydrogen-bond donors (Lipinski definition) is 1. The van der Waals surface area contributed by atoms with Gasteiger partial charge in [0.15, 0.2) is 0 Å². The Morgan fingerprint density at radius 3 is 2.33 bits per heavy atom. The van der Waals surface area contributed by atoms with Crippen molar-refractivity contribution in [3.8, 4) is 0 Å². The second kappa shape index (κ2) is 6.70. The fraction of sp³-hybridized carbons (Fsp3) is 0.500. The summed E-state index contributed by atoms with van der Waals surface area (Å²) >= 11 is 0. The van der Waals surface area contributed by atoms with Crippen LogP contribution >= 0.6 is 0 Å². The molecule has 1 aromatic carbocycles. The summed E-state index contributed by atoms with van der Waals surface area (Å²) in [6.45, 7) is 5.74. The van der Waals surface area contributed by atoms with Gasteiger partial charge >= 0.3 is 0 Å². The van der Waals surface area contributed by atoms with E-state index in [4.69, 9.17) is 0 Å². The Morgan fingerprint density at radius 2 is 1.76 bits per heavy atom. The lowest BCUT2D eigenvalue weighted by Gasteiger charge is -2.35. The van der Waals surface area contributed by atoms with Gasteiger partial charge in [-0.05, 0) is 42.5 Å². The van der Waals surface area contributed by atoms with Crippen LogP contribution in [-0.4, -0.2) is 36.3 Å². The highest BCUT2D eigenvalue weighted by Crippen LogP contribution is 2.20. The molecule has 0 aromatic heterocycles. The monoisotopic (exact) mass is 292 g/mol. The fourth-order valence-corrected chi connectivity index (χ4v) is 2.84. The third-order valence-electron chi connectivity index (χ3n) is 3.73. The van der Waals surface area contributed by atoms with Gasteiger partial charge in [0, 0.05) is 18.7 Å². The number of likely N-dealkylation sites (tertiary alicyclic amines) is 1. The Bertz CT molecular complexity index is 506. The predicted molar refractivity (Wildman–Crippen MR) is 78.3 cm³/mol. The van der Waals surface area contributed by atoms with Gasteiger partial charge in [-0.1, -0.05) is 13.8 Å². The van der Waals surface area contributed by atoms with E-state index in [-0.39, 0.29) is 24.2 Å². The van der Waals surface area contributed by atoms with Crippen molar-refractivity contribution in [1.82, 2.24) is 10.2 Å². The number of benzene rings is 1. The van der Waals surface area contributed by atoms with Gasteiger partial charge in [0.05, 0.1) is 6.54 Å². The molecule has 0 bridgehead atoms. The standard InChI is InChI=1S/C16H21FN2O2/c1-11-7-12(2)10-19(9-11)15(20)8-18-16(21)13-3-5-14(17)6-4-13/h3-6,11-12H,7-10H2,1-2H3,(H,18,21)/t11-,12-/m1/s1. The first-order chi connectivity index (χ1) is 9.95. The lowest BCUT2D eigenvalue weighted by atomic mass is 9.92. The molecule has 4 nitrogen and oxygen atoms in total. The van der Waals surface area contributed by atoms with Gasteiger partial charge in [-0.2, -0.15) is 0 Å². The van der Waals surface area contributed by atoms with Crippen LogP contribution in [0.1, 0.15) is 30.6 Å². The van der Waals surface area contributed by atoms with Crippen LogP contribution in [0.3, 0.4) is 0 Å². The van der Waals surface area contributed by atoms with E-state index in [9.17, 15) is 14.0 Å². The molecule has 5 heteroatoms. The molecule has 0 aliphatic carbocycles. The zero-order chi connectivity index (χ0) is 15.4. The Labute approximate surface area is 124 Å². The average molecular weight is 292 g/mol. The molecule has 1 aliphatic heterocycles. The van der Waals surface area contributed by atoms with Crippen molar-refractivity contribution in [2.75, 3.05) is 19.6 Å². The van der Waals surface area contributed by atoms with Crippen molar-refractivity contribution < 1.29 is 14.0 Å². The van der Waals surface area contributed by atoms with Gasteiger partial charge in [0.2, 0.25) is 5.91 Å². The van der Waals surface area contributed by atoms with Gasteiger partial charge in [-0.25, -0.2) is 4.39 Å². The molecule has 1 aliphatic rings. The molecule has 1 fully saturated rings. The molecule has 1 N–H and O–H groups in total. The first-order valence-electron chi connectivity index (χ1n) is 7.27. The summed E-state index contributed by atoms with van der Waals surface area (Å²) in [5.74, 6) is 0.167. The van der Waals surface area contributed by atoms with Crippen LogP contribution in [0.4, 0.5) is 4.39 Å². The molecule has 1 saturated heterocycles. The second-order valence-electron chi connectivity index (χ2n) is 5.93. The SMILES string of the molecule is C[C@@H]1C[C@@H](C)CN(C(=O)CNC(=O)c2ccc(F)cc2)C1. The molecule has 2 amide bonds. The van der Waals surface area contributed by atoms with Gasteiger partial charge in [-0.3, -0.25) is 9.59 Å². The minimum absolute atomic E-state index is 0.0182. The third-order valence-corrected chi connectivity index (χ3v) is 3.73. The van der Waals surface area contributed by atoms with E-state index in [1.165, 1.54) is 24.3 Å². The maximum Gasteiger partial charge on any atom is 0.251 e. The third kappa shape index (κ3) is 4.28. The van der Waals surface area contributed by atoms with E-state index in [2.05, 4.69) is 19.2 Å². The summed E-state index contributed by atoms with van der Waals surface area (Å²) in [6, 6.07) is 5.26. The Morgan fingerprint density at radius 1 is 1.19 bits per heavy atom. The molecule has 0 unspecified atom stereocenters. The molecule has 1 heterocycles. The van der Waals surface area contributed by atoms with Crippen molar-refractivity contribution in [3.05, 3.63) is 35.6 Å². The van der Waals surface area contributed by atoms with Crippen LogP contribution in [0.15, 0.2) is 24.3 Å². The van der Waals surface area contributed by atoms with Gasteiger partial charge < -0.3 is 10.2 Å². The minimum atomic E-state index is -0.390. The summed E-state index contributed by atoms with van der Waals surface area (Å²) in [5.41, 5.74) is 0.351. The molecule has 2 atom stereocenters. The van der Waals surface area contributed by atoms with Crippen molar-refractivity contribution in [1.29, 1.82) is 0 Å². The summed E-state index contributed by atoms with van der Waals surface area (Å²) < 4.78 is 12.8. The van der Waals surface area contributed by atoms with Crippen LogP contribution in [0, 0.1) is 17.7 Å². The number of carbonyl (C=O) groups excluding carboxylic acids is 2. The minimum Gasteiger partial charge on any atom is -0.343 e. The van der Waals surface area contributed by atoms with E-state index in [0.29, 0.717) is 17.4 Å². The number of piperidine rings is 1. The number of nitrogens with one attached hydrogen (secondary N) is 1. The maximum absolute atomic E-state index is 12.8. The number of nitrogens with zero attached hydrogens (tertiary/aromatic N) is 1. The normalized spacial score (nSPS) is 22.0. The van der Waals surface area contributed by atoms with Gasteiger partial charge in [0.25, 0.3) is 5.91 Å². The smallest absolute Gasteiger partial charge is 0.251 e. The highest BCUT2D eigenvalue weighted by molar-refractivity contribution is 5.96. The fourth-order valence-electron chi connectivity index (χ4n) is 2.84. The van der Waals surface area contributed by atoms with Crippen molar-refractivity contribution in [3.63, 3.8) is 0 Å². The number of hydrogen-bond acceptors (Lipinski definition) is 2. The maximum atomic E-state index is 12.8. The van der Waals surface area contributed by atoms with Crippen molar-refractivity contribution in [2.24, 2.45) is 11.8 Å². The topological polar surface area (TPSA) is 49.4 Å². The number of amides is 2. The van der Waals surface area contributed by atoms with Crippen LogP contribution < -0.4 is 5.32 Å². The Hall–Kier alpha value is -1.91. The molecule has 21 heavy (non-hydrogen) atoms. The Kier molecular flexibility index (Phi) is 4.94. The van der Waals surface area contributed by atoms with Gasteiger partial charge in [0.1, 0.15) is 5.82 Å². The van der Waals surface area contributed by atoms with Crippen LogP contribution in [0.5, 0.6) is 0 Å². The van der Waals surface area contributed by atoms with E-state index >= 15 is 0 Å². The average Bonchev–Trinajstić information content (AvgIpc) is 2.44. The first kappa shape index (κ1) is 15.5. The lowest BCUT2D eigenvalue weighted by molar-refractivity contribution is -0.132. The molecular weight excluding hydrogens is 271 g/mol. The van der Waals surface area contributed by atoms with Crippen molar-refractivity contribution in [2.45, 2.75) is 20.3 Å². The van der Waals surface area contributed by atoms with E-state index in [1.807, 2.05) is 4.90 Å². The van der Waals surface area contributed by atoms with Crippen molar-refractivity contribution >= 4 is 11.8 Å². The highest BCUT2D eigenvalue weighted by Gasteiger charge is 2.25. The number of halogens is 1. The second-order valence-corrected chi connectivity index (χ2v) is 5.93. The molecular formula is C16H21FN2O2. The van der Waals surface area contributed by atoms with E-state index in [0.717, 1.165) is 19.5 Å². The summed E-state index contributed by atoms with van der Waals surface area (Å²) in [7, 11) is 0. The highest BCUT2D eigenvalue weighted by atomic mass is 19.1. The van der Waals surface area contributed by atoms with Crippen LogP contribution in [-0.2, 0) is 4.79 Å². The first-order valence-corrected chi connectivity index (χ1v) is 7.27. The zero-order valence-corrected chi connectivity index (χ0v) is 12.4. The van der Waals surface area contributed by atoms with Crippen LogP contribution in [0.25, 0.3) is 0 Å². The Balaban J connectivity index is 1.86. The quantitative estimate of drug-likeness (QED) is 0.927. The number of rotatable bonds is 3. The van der Waals surface area contributed by atoms with Crippen LogP contribution in [0.2, 0.25) is 0 Å². The lowest BCUT2D eigenvalue weighted by Crippen LogP contribution is -2.46. The number of carbonyl (C=O) groups is 2. The van der Waals surface area contributed by atoms with Gasteiger partial charge in [-0.15, -0.1) is 0 Å². The molecule has 0 radical (unpaired) electrons. The zero-order valence-electron chi connectivity index (χ0n) is 12.4.